The van der Waals surface area contributed by atoms with Gasteiger partial charge in [0.25, 0.3) is 0 Å². The minimum absolute atomic E-state index is 0.00769. The Hall–Kier alpha value is -1.92. The van der Waals surface area contributed by atoms with Crippen LogP contribution in [0, 0.1) is 13.8 Å². The highest BCUT2D eigenvalue weighted by molar-refractivity contribution is 5.93. The smallest absolute Gasteiger partial charge is 0.238 e. The average molecular weight is 387 g/mol. The van der Waals surface area contributed by atoms with Gasteiger partial charge in [-0.3, -0.25) is 14.5 Å². The lowest BCUT2D eigenvalue weighted by atomic mass is 10.1. The molecule has 0 radical (unpaired) electrons. The van der Waals surface area contributed by atoms with Gasteiger partial charge >= 0.3 is 0 Å². The van der Waals surface area contributed by atoms with E-state index in [1.54, 1.807) is 0 Å². The van der Waals surface area contributed by atoms with E-state index in [1.165, 1.54) is 0 Å². The molecule has 0 unspecified atom stereocenters. The lowest BCUT2D eigenvalue weighted by Crippen LogP contribution is -2.49. The summed E-state index contributed by atoms with van der Waals surface area (Å²) in [4.78, 5) is 31.7. The van der Waals surface area contributed by atoms with Crippen LogP contribution in [0.3, 0.4) is 0 Å². The Morgan fingerprint density at radius 2 is 1.75 bits per heavy atom. The predicted octanol–water partition coefficient (Wildman–Crippen LogP) is 2.26. The predicted molar refractivity (Wildman–Crippen MR) is 112 cm³/mol. The molecule has 2 aliphatic rings. The second-order valence-electron chi connectivity index (χ2n) is 8.08. The standard InChI is InChI=1S/C22H34N4O2/c1-4-24-12-14-25(15-13-24)21(28)10-11-26(19-8-9-19)16-20(27)23-22-17(2)6-5-7-18(22)3/h5-7,19H,4,8-16H2,1-3H3,(H,23,27). The van der Waals surface area contributed by atoms with E-state index in [2.05, 4.69) is 22.0 Å². The van der Waals surface area contributed by atoms with Gasteiger partial charge in [0, 0.05) is 50.9 Å². The van der Waals surface area contributed by atoms with Gasteiger partial charge < -0.3 is 15.1 Å². The van der Waals surface area contributed by atoms with Crippen LogP contribution in [-0.4, -0.2) is 78.4 Å². The maximum atomic E-state index is 12.6. The second kappa shape index (κ2) is 9.52. The molecule has 1 saturated carbocycles. The molecule has 1 saturated heterocycles. The summed E-state index contributed by atoms with van der Waals surface area (Å²) in [7, 11) is 0. The van der Waals surface area contributed by atoms with Gasteiger partial charge in [-0.05, 0) is 44.4 Å². The summed E-state index contributed by atoms with van der Waals surface area (Å²) in [5.41, 5.74) is 3.06. The van der Waals surface area contributed by atoms with Gasteiger partial charge in [0.1, 0.15) is 0 Å². The van der Waals surface area contributed by atoms with E-state index >= 15 is 0 Å². The summed E-state index contributed by atoms with van der Waals surface area (Å²) >= 11 is 0. The van der Waals surface area contributed by atoms with Crippen LogP contribution in [0.4, 0.5) is 5.69 Å². The normalized spacial score (nSPS) is 17.8. The van der Waals surface area contributed by atoms with Crippen LogP contribution in [0.25, 0.3) is 0 Å². The summed E-state index contributed by atoms with van der Waals surface area (Å²) in [6, 6.07) is 6.48. The van der Waals surface area contributed by atoms with E-state index in [1.807, 2.05) is 36.9 Å². The molecule has 1 heterocycles. The van der Waals surface area contributed by atoms with Crippen molar-refractivity contribution in [2.75, 3.05) is 51.1 Å². The number of piperazine rings is 1. The van der Waals surface area contributed by atoms with Gasteiger partial charge in [-0.25, -0.2) is 0 Å². The number of hydrogen-bond acceptors (Lipinski definition) is 4. The fraction of sp³-hybridized carbons (Fsp3) is 0.636. The van der Waals surface area contributed by atoms with Crippen molar-refractivity contribution in [2.24, 2.45) is 0 Å². The monoisotopic (exact) mass is 386 g/mol. The molecule has 1 aromatic carbocycles. The van der Waals surface area contributed by atoms with Crippen molar-refractivity contribution < 1.29 is 9.59 Å². The van der Waals surface area contributed by atoms with Crippen LogP contribution in [0.1, 0.15) is 37.3 Å². The number of amides is 2. The second-order valence-corrected chi connectivity index (χ2v) is 8.08. The molecule has 1 aliphatic heterocycles. The van der Waals surface area contributed by atoms with E-state index in [4.69, 9.17) is 0 Å². The number of hydrogen-bond donors (Lipinski definition) is 1. The van der Waals surface area contributed by atoms with E-state index < -0.39 is 0 Å². The summed E-state index contributed by atoms with van der Waals surface area (Å²) in [5, 5.41) is 3.07. The van der Waals surface area contributed by atoms with Gasteiger partial charge in [0.15, 0.2) is 0 Å². The van der Waals surface area contributed by atoms with Gasteiger partial charge in [-0.1, -0.05) is 25.1 Å². The minimum Gasteiger partial charge on any atom is -0.340 e. The van der Waals surface area contributed by atoms with Crippen molar-refractivity contribution in [2.45, 2.75) is 46.1 Å². The molecule has 28 heavy (non-hydrogen) atoms. The Balaban J connectivity index is 1.49. The van der Waals surface area contributed by atoms with Crippen LogP contribution in [0.2, 0.25) is 0 Å². The maximum absolute atomic E-state index is 12.6. The number of nitrogens with one attached hydrogen (secondary N) is 1. The summed E-state index contributed by atoms with van der Waals surface area (Å²) in [5.74, 6) is 0.227. The summed E-state index contributed by atoms with van der Waals surface area (Å²) < 4.78 is 0. The molecule has 1 aromatic rings. The maximum Gasteiger partial charge on any atom is 0.238 e. The first-order chi connectivity index (χ1) is 13.5. The fourth-order valence-corrected chi connectivity index (χ4v) is 3.92. The number of para-hydroxylation sites is 1. The Kier molecular flexibility index (Phi) is 7.08. The van der Waals surface area contributed by atoms with Crippen LogP contribution in [0.5, 0.6) is 0 Å². The average Bonchev–Trinajstić information content (AvgIpc) is 3.53. The number of anilines is 1. The molecule has 2 fully saturated rings. The van der Waals surface area contributed by atoms with Gasteiger partial charge in [0.2, 0.25) is 11.8 Å². The Labute approximate surface area is 168 Å². The number of benzene rings is 1. The first kappa shape index (κ1) is 20.8. The highest BCUT2D eigenvalue weighted by atomic mass is 16.2. The molecule has 0 atom stereocenters. The topological polar surface area (TPSA) is 55.9 Å². The first-order valence-corrected chi connectivity index (χ1v) is 10.6. The summed E-state index contributed by atoms with van der Waals surface area (Å²) in [6.45, 7) is 11.8. The van der Waals surface area contributed by atoms with Crippen LogP contribution in [-0.2, 0) is 9.59 Å². The molecule has 6 heteroatoms. The van der Waals surface area contributed by atoms with Crippen molar-refractivity contribution in [3.05, 3.63) is 29.3 Å². The lowest BCUT2D eigenvalue weighted by molar-refractivity contribution is -0.133. The molecule has 0 bridgehead atoms. The van der Waals surface area contributed by atoms with Gasteiger partial charge in [-0.2, -0.15) is 0 Å². The van der Waals surface area contributed by atoms with E-state index in [0.29, 0.717) is 25.6 Å². The number of nitrogens with zero attached hydrogens (tertiary/aromatic N) is 3. The van der Waals surface area contributed by atoms with Gasteiger partial charge in [-0.15, -0.1) is 0 Å². The zero-order chi connectivity index (χ0) is 20.1. The van der Waals surface area contributed by atoms with Crippen molar-refractivity contribution in [3.63, 3.8) is 0 Å². The van der Waals surface area contributed by atoms with Crippen molar-refractivity contribution in [3.8, 4) is 0 Å². The first-order valence-electron chi connectivity index (χ1n) is 10.6. The van der Waals surface area contributed by atoms with Crippen LogP contribution in [0.15, 0.2) is 18.2 Å². The molecule has 0 aromatic heterocycles. The third kappa shape index (κ3) is 5.55. The zero-order valence-corrected chi connectivity index (χ0v) is 17.5. The largest absolute Gasteiger partial charge is 0.340 e. The molecule has 1 N–H and O–H groups in total. The van der Waals surface area contributed by atoms with E-state index in [0.717, 1.165) is 62.4 Å². The van der Waals surface area contributed by atoms with Crippen LogP contribution < -0.4 is 5.32 Å². The fourth-order valence-electron chi connectivity index (χ4n) is 3.92. The molecule has 154 valence electrons. The number of rotatable bonds is 8. The molecule has 1 aliphatic carbocycles. The van der Waals surface area contributed by atoms with Crippen molar-refractivity contribution in [1.82, 2.24) is 14.7 Å². The molecule has 2 amide bonds. The Bertz CT molecular complexity index is 674. The summed E-state index contributed by atoms with van der Waals surface area (Å²) in [6.07, 6.45) is 2.75. The number of likely N-dealkylation sites (N-methyl/N-ethyl adjacent to an activating group) is 1. The third-order valence-electron chi connectivity index (χ3n) is 5.94. The molecule has 3 rings (SSSR count). The quantitative estimate of drug-likeness (QED) is 0.745. The number of carbonyl (C=O) groups excluding carboxylic acids is 2. The van der Waals surface area contributed by atoms with E-state index in [9.17, 15) is 9.59 Å². The SMILES string of the molecule is CCN1CCN(C(=O)CCN(CC(=O)Nc2c(C)cccc2C)C2CC2)CC1. The van der Waals surface area contributed by atoms with Crippen molar-refractivity contribution >= 4 is 17.5 Å². The molecule has 0 spiro atoms. The third-order valence-corrected chi connectivity index (χ3v) is 5.94. The van der Waals surface area contributed by atoms with Crippen molar-refractivity contribution in [1.29, 1.82) is 0 Å². The number of carbonyl (C=O) groups is 2. The zero-order valence-electron chi connectivity index (χ0n) is 17.5. The Morgan fingerprint density at radius 3 is 2.32 bits per heavy atom. The molecule has 6 nitrogen and oxygen atoms in total. The molecular formula is C22H34N4O2. The number of aryl methyl sites for hydroxylation is 2. The highest BCUT2D eigenvalue weighted by Gasteiger charge is 2.31. The molecular weight excluding hydrogens is 352 g/mol. The highest BCUT2D eigenvalue weighted by Crippen LogP contribution is 2.27. The Morgan fingerprint density at radius 1 is 1.11 bits per heavy atom. The lowest BCUT2D eigenvalue weighted by Gasteiger charge is -2.34. The van der Waals surface area contributed by atoms with Gasteiger partial charge in [0.05, 0.1) is 6.54 Å². The minimum atomic E-state index is 0.00769. The van der Waals surface area contributed by atoms with Crippen LogP contribution >= 0.6 is 0 Å². The van der Waals surface area contributed by atoms with E-state index in [-0.39, 0.29) is 11.8 Å².